The molecule has 0 bridgehead atoms. The Hall–Kier alpha value is -3.39. The number of sulfonamides is 1. The summed E-state index contributed by atoms with van der Waals surface area (Å²) in [6, 6.07) is 18.8. The summed E-state index contributed by atoms with van der Waals surface area (Å²) >= 11 is 0. The molecule has 0 saturated heterocycles. The Kier molecular flexibility index (Phi) is 4.94. The Morgan fingerprint density at radius 1 is 0.931 bits per heavy atom. The van der Waals surface area contributed by atoms with Gasteiger partial charge in [0.2, 0.25) is 5.91 Å². The van der Waals surface area contributed by atoms with Gasteiger partial charge in [-0.3, -0.25) is 9.52 Å². The lowest BCUT2D eigenvalue weighted by atomic mass is 10.0. The van der Waals surface area contributed by atoms with Crippen LogP contribution in [0.3, 0.4) is 0 Å². The molecule has 1 amide bonds. The standard InChI is InChI=1S/C21H18FN3O3S/c22-15-7-4-8-16(12-15)25-29(27,28)17-9-10-18-19(13-17)24-21(26)20(23-18)11-14-5-2-1-3-6-14/h1-10,12-13,20,23,25H,11H2,(H,24,26). The summed E-state index contributed by atoms with van der Waals surface area (Å²) in [5.74, 6) is -0.787. The quantitative estimate of drug-likeness (QED) is 0.599. The molecule has 0 radical (unpaired) electrons. The second-order valence-electron chi connectivity index (χ2n) is 6.70. The average Bonchev–Trinajstić information content (AvgIpc) is 2.68. The van der Waals surface area contributed by atoms with Crippen LogP contribution >= 0.6 is 0 Å². The van der Waals surface area contributed by atoms with Crippen molar-refractivity contribution in [1.82, 2.24) is 0 Å². The van der Waals surface area contributed by atoms with Gasteiger partial charge in [0.1, 0.15) is 11.9 Å². The van der Waals surface area contributed by atoms with Crippen molar-refractivity contribution in [1.29, 1.82) is 0 Å². The molecule has 3 N–H and O–H groups in total. The van der Waals surface area contributed by atoms with Crippen LogP contribution in [0.2, 0.25) is 0 Å². The van der Waals surface area contributed by atoms with Gasteiger partial charge in [-0.25, -0.2) is 12.8 Å². The molecule has 4 rings (SSSR count). The summed E-state index contributed by atoms with van der Waals surface area (Å²) in [6.07, 6.45) is 0.507. The molecule has 1 heterocycles. The zero-order chi connectivity index (χ0) is 20.4. The van der Waals surface area contributed by atoms with Crippen molar-refractivity contribution in [2.24, 2.45) is 0 Å². The van der Waals surface area contributed by atoms with Crippen LogP contribution in [0.5, 0.6) is 0 Å². The summed E-state index contributed by atoms with van der Waals surface area (Å²) < 4.78 is 40.9. The van der Waals surface area contributed by atoms with Crippen molar-refractivity contribution in [2.75, 3.05) is 15.4 Å². The van der Waals surface area contributed by atoms with Crippen LogP contribution in [0, 0.1) is 5.82 Å². The predicted octanol–water partition coefficient (Wildman–Crippen LogP) is 3.60. The lowest BCUT2D eigenvalue weighted by Crippen LogP contribution is -2.40. The number of benzene rings is 3. The fraction of sp³-hybridized carbons (Fsp3) is 0.0952. The van der Waals surface area contributed by atoms with Gasteiger partial charge in [-0.15, -0.1) is 0 Å². The van der Waals surface area contributed by atoms with Crippen LogP contribution in [0.15, 0.2) is 77.7 Å². The Labute approximate surface area is 167 Å². The van der Waals surface area contributed by atoms with E-state index < -0.39 is 21.9 Å². The number of rotatable bonds is 5. The maximum atomic E-state index is 13.3. The molecular formula is C21H18FN3O3S. The molecule has 0 saturated carbocycles. The SMILES string of the molecule is O=C1Nc2cc(S(=O)(=O)Nc3cccc(F)c3)ccc2NC1Cc1ccccc1. The van der Waals surface area contributed by atoms with E-state index in [9.17, 15) is 17.6 Å². The minimum Gasteiger partial charge on any atom is -0.372 e. The lowest BCUT2D eigenvalue weighted by Gasteiger charge is -2.27. The van der Waals surface area contributed by atoms with Crippen molar-refractivity contribution >= 4 is 33.0 Å². The molecule has 8 heteroatoms. The number of amides is 1. The maximum absolute atomic E-state index is 13.3. The Balaban J connectivity index is 1.55. The molecule has 3 aromatic rings. The predicted molar refractivity (Wildman–Crippen MR) is 110 cm³/mol. The van der Waals surface area contributed by atoms with E-state index in [1.165, 1.54) is 30.3 Å². The van der Waals surface area contributed by atoms with E-state index in [4.69, 9.17) is 0 Å². The zero-order valence-corrected chi connectivity index (χ0v) is 16.0. The highest BCUT2D eigenvalue weighted by Gasteiger charge is 2.27. The van der Waals surface area contributed by atoms with Gasteiger partial charge >= 0.3 is 0 Å². The molecule has 0 aromatic heterocycles. The number of carbonyl (C=O) groups is 1. The first-order chi connectivity index (χ1) is 13.9. The summed E-state index contributed by atoms with van der Waals surface area (Å²) in [4.78, 5) is 12.4. The van der Waals surface area contributed by atoms with Gasteiger partial charge < -0.3 is 10.6 Å². The second-order valence-corrected chi connectivity index (χ2v) is 8.38. The molecule has 3 aromatic carbocycles. The number of carbonyl (C=O) groups excluding carboxylic acids is 1. The molecule has 1 unspecified atom stereocenters. The normalized spacial score (nSPS) is 15.8. The first kappa shape index (κ1) is 18.9. The van der Waals surface area contributed by atoms with Gasteiger partial charge in [0.05, 0.1) is 22.0 Å². The number of nitrogens with one attached hydrogen (secondary N) is 3. The van der Waals surface area contributed by atoms with E-state index in [-0.39, 0.29) is 16.5 Å². The highest BCUT2D eigenvalue weighted by atomic mass is 32.2. The minimum absolute atomic E-state index is 0.0379. The van der Waals surface area contributed by atoms with Gasteiger partial charge in [-0.2, -0.15) is 0 Å². The third-order valence-electron chi connectivity index (χ3n) is 4.56. The smallest absolute Gasteiger partial charge is 0.261 e. The molecule has 148 valence electrons. The largest absolute Gasteiger partial charge is 0.372 e. The van der Waals surface area contributed by atoms with Crippen LogP contribution in [0.25, 0.3) is 0 Å². The van der Waals surface area contributed by atoms with Crippen molar-refractivity contribution < 1.29 is 17.6 Å². The van der Waals surface area contributed by atoms with Crippen molar-refractivity contribution in [2.45, 2.75) is 17.4 Å². The van der Waals surface area contributed by atoms with Crippen molar-refractivity contribution in [3.8, 4) is 0 Å². The van der Waals surface area contributed by atoms with Gasteiger partial charge in [-0.1, -0.05) is 36.4 Å². The van der Waals surface area contributed by atoms with Gasteiger partial charge in [0, 0.05) is 6.42 Å². The Bertz CT molecular complexity index is 1170. The van der Waals surface area contributed by atoms with Crippen LogP contribution in [0.4, 0.5) is 21.5 Å². The van der Waals surface area contributed by atoms with E-state index in [0.717, 1.165) is 11.6 Å². The van der Waals surface area contributed by atoms with Crippen LogP contribution < -0.4 is 15.4 Å². The molecule has 0 aliphatic carbocycles. The lowest BCUT2D eigenvalue weighted by molar-refractivity contribution is -0.117. The molecule has 1 aliphatic heterocycles. The van der Waals surface area contributed by atoms with Crippen LogP contribution in [0.1, 0.15) is 5.56 Å². The Morgan fingerprint density at radius 3 is 2.48 bits per heavy atom. The molecule has 0 spiro atoms. The highest BCUT2D eigenvalue weighted by molar-refractivity contribution is 7.92. The monoisotopic (exact) mass is 411 g/mol. The minimum atomic E-state index is -3.94. The number of fused-ring (bicyclic) bond motifs is 1. The molecule has 29 heavy (non-hydrogen) atoms. The highest BCUT2D eigenvalue weighted by Crippen LogP contribution is 2.31. The number of hydrogen-bond acceptors (Lipinski definition) is 4. The first-order valence-electron chi connectivity index (χ1n) is 8.94. The third-order valence-corrected chi connectivity index (χ3v) is 5.94. The van der Waals surface area contributed by atoms with Crippen LogP contribution in [-0.4, -0.2) is 20.4 Å². The van der Waals surface area contributed by atoms with Crippen molar-refractivity contribution in [3.63, 3.8) is 0 Å². The fourth-order valence-electron chi connectivity index (χ4n) is 3.15. The van der Waals surface area contributed by atoms with E-state index in [1.807, 2.05) is 30.3 Å². The molecular weight excluding hydrogens is 393 g/mol. The average molecular weight is 411 g/mol. The van der Waals surface area contributed by atoms with Crippen molar-refractivity contribution in [3.05, 3.63) is 84.2 Å². The third kappa shape index (κ3) is 4.22. The maximum Gasteiger partial charge on any atom is 0.261 e. The zero-order valence-electron chi connectivity index (χ0n) is 15.2. The van der Waals surface area contributed by atoms with E-state index in [1.54, 1.807) is 6.07 Å². The summed E-state index contributed by atoms with van der Waals surface area (Å²) in [5, 5.41) is 5.92. The molecule has 6 nitrogen and oxygen atoms in total. The number of anilines is 3. The second kappa shape index (κ2) is 7.56. The number of halogens is 1. The van der Waals surface area contributed by atoms with Gasteiger partial charge in [-0.05, 0) is 42.0 Å². The Morgan fingerprint density at radius 2 is 1.72 bits per heavy atom. The topological polar surface area (TPSA) is 87.3 Å². The number of hydrogen-bond donors (Lipinski definition) is 3. The fourth-order valence-corrected chi connectivity index (χ4v) is 4.23. The molecule has 1 atom stereocenters. The van der Waals surface area contributed by atoms with E-state index >= 15 is 0 Å². The molecule has 1 aliphatic rings. The summed E-state index contributed by atoms with van der Waals surface area (Å²) in [7, 11) is -3.94. The van der Waals surface area contributed by atoms with Gasteiger partial charge in [0.15, 0.2) is 0 Å². The molecule has 0 fully saturated rings. The first-order valence-corrected chi connectivity index (χ1v) is 10.4. The van der Waals surface area contributed by atoms with Gasteiger partial charge in [0.25, 0.3) is 10.0 Å². The van der Waals surface area contributed by atoms with E-state index in [0.29, 0.717) is 17.8 Å². The summed E-state index contributed by atoms with van der Waals surface area (Å²) in [5.41, 5.74) is 2.14. The summed E-state index contributed by atoms with van der Waals surface area (Å²) in [6.45, 7) is 0. The van der Waals surface area contributed by atoms with Crippen LogP contribution in [-0.2, 0) is 21.2 Å². The van der Waals surface area contributed by atoms with E-state index in [2.05, 4.69) is 15.4 Å².